The molecule has 0 saturated heterocycles. The Morgan fingerprint density at radius 1 is 1.12 bits per heavy atom. The first-order valence-electron chi connectivity index (χ1n) is 7.41. The Morgan fingerprint density at radius 3 is 2.56 bits per heavy atom. The van der Waals surface area contributed by atoms with Crippen molar-refractivity contribution in [1.29, 1.82) is 0 Å². The lowest BCUT2D eigenvalue weighted by Gasteiger charge is -2.22. The molecule has 4 nitrogen and oxygen atoms in total. The fourth-order valence-corrected chi connectivity index (χ4v) is 6.63. The zero-order chi connectivity index (χ0) is 17.6. The minimum Gasteiger partial charge on any atom is -0.324 e. The molecule has 1 N–H and O–H groups in total. The van der Waals surface area contributed by atoms with E-state index in [1.54, 1.807) is 28.8 Å². The molecule has 8 heteroatoms. The van der Waals surface area contributed by atoms with Gasteiger partial charge in [0.15, 0.2) is 0 Å². The molecular weight excluding hydrogens is 398 g/mol. The standard InChI is InChI=1S/C17H12ClNO3S3/c18-11-1-3-12(4-2-11)25(21,22)14-9-24-17-13(10-5-6-23-8-10)7-15(20)19-16(14)17/h1-6,8-9,13H,7H2,(H,19,20)/t13-/m0/s1. The van der Waals surface area contributed by atoms with Crippen molar-refractivity contribution in [3.63, 3.8) is 0 Å². The van der Waals surface area contributed by atoms with Crippen molar-refractivity contribution < 1.29 is 13.2 Å². The summed E-state index contributed by atoms with van der Waals surface area (Å²) in [5.41, 5.74) is 1.45. The zero-order valence-electron chi connectivity index (χ0n) is 12.7. The summed E-state index contributed by atoms with van der Waals surface area (Å²) >= 11 is 8.78. The van der Waals surface area contributed by atoms with Gasteiger partial charge in [-0.05, 0) is 46.7 Å². The summed E-state index contributed by atoms with van der Waals surface area (Å²) in [7, 11) is -3.73. The number of anilines is 1. The molecule has 0 bridgehead atoms. The minimum atomic E-state index is -3.73. The van der Waals surface area contributed by atoms with Gasteiger partial charge in [-0.25, -0.2) is 8.42 Å². The summed E-state index contributed by atoms with van der Waals surface area (Å²) in [4.78, 5) is 13.4. The SMILES string of the molecule is O=C1C[C@@H](c2ccsc2)c2scc(S(=O)(=O)c3ccc(Cl)cc3)c2N1. The van der Waals surface area contributed by atoms with Crippen LogP contribution in [0.2, 0.25) is 5.02 Å². The van der Waals surface area contributed by atoms with Crippen LogP contribution in [-0.2, 0) is 14.6 Å². The lowest BCUT2D eigenvalue weighted by molar-refractivity contribution is -0.116. The maximum absolute atomic E-state index is 13.0. The Kier molecular flexibility index (Phi) is 4.19. The number of hydrogen-bond donors (Lipinski definition) is 1. The van der Waals surface area contributed by atoms with Crippen molar-refractivity contribution in [2.45, 2.75) is 22.1 Å². The van der Waals surface area contributed by atoms with E-state index in [1.165, 1.54) is 23.5 Å². The van der Waals surface area contributed by atoms with Gasteiger partial charge in [0.2, 0.25) is 15.7 Å². The number of hydrogen-bond acceptors (Lipinski definition) is 5. The summed E-state index contributed by atoms with van der Waals surface area (Å²) in [6.45, 7) is 0. The number of sulfone groups is 1. The number of rotatable bonds is 3. The summed E-state index contributed by atoms with van der Waals surface area (Å²) in [6.07, 6.45) is 0.324. The van der Waals surface area contributed by atoms with Gasteiger partial charge in [-0.1, -0.05) is 11.6 Å². The number of benzene rings is 1. The first kappa shape index (κ1) is 16.8. The number of thiophene rings is 2. The quantitative estimate of drug-likeness (QED) is 0.677. The van der Waals surface area contributed by atoms with E-state index in [2.05, 4.69) is 5.32 Å². The third-order valence-corrected chi connectivity index (χ3v) is 8.11. The minimum absolute atomic E-state index is 0.103. The van der Waals surface area contributed by atoms with Gasteiger partial charge in [0, 0.05) is 27.6 Å². The lowest BCUT2D eigenvalue weighted by atomic mass is 9.93. The van der Waals surface area contributed by atoms with Crippen molar-refractivity contribution in [2.75, 3.05) is 5.32 Å². The topological polar surface area (TPSA) is 63.2 Å². The highest BCUT2D eigenvalue weighted by Crippen LogP contribution is 2.46. The number of amides is 1. The monoisotopic (exact) mass is 409 g/mol. The van der Waals surface area contributed by atoms with Crippen LogP contribution in [0, 0.1) is 0 Å². The Labute approximate surface area is 158 Å². The molecule has 0 saturated carbocycles. The molecule has 3 heterocycles. The average Bonchev–Trinajstić information content (AvgIpc) is 3.24. The van der Waals surface area contributed by atoms with Gasteiger partial charge in [0.1, 0.15) is 4.90 Å². The Morgan fingerprint density at radius 2 is 1.88 bits per heavy atom. The normalized spacial score (nSPS) is 17.2. The molecule has 2 aromatic heterocycles. The maximum Gasteiger partial charge on any atom is 0.225 e. The molecule has 1 aliphatic rings. The number of carbonyl (C=O) groups excluding carboxylic acids is 1. The van der Waals surface area contributed by atoms with E-state index in [9.17, 15) is 13.2 Å². The zero-order valence-corrected chi connectivity index (χ0v) is 15.9. The van der Waals surface area contributed by atoms with E-state index in [0.29, 0.717) is 17.1 Å². The molecule has 0 unspecified atom stereocenters. The third kappa shape index (κ3) is 2.91. The highest BCUT2D eigenvalue weighted by molar-refractivity contribution is 7.91. The van der Waals surface area contributed by atoms with E-state index in [1.807, 2.05) is 16.8 Å². The molecule has 0 spiro atoms. The van der Waals surface area contributed by atoms with Gasteiger partial charge < -0.3 is 5.32 Å². The highest BCUT2D eigenvalue weighted by Gasteiger charge is 2.34. The third-order valence-electron chi connectivity index (χ3n) is 4.12. The summed E-state index contributed by atoms with van der Waals surface area (Å²) in [5.74, 6) is -0.274. The molecule has 25 heavy (non-hydrogen) atoms. The molecule has 4 rings (SSSR count). The second-order valence-electron chi connectivity index (χ2n) is 5.66. The van der Waals surface area contributed by atoms with Crippen LogP contribution in [0.4, 0.5) is 5.69 Å². The Balaban J connectivity index is 1.83. The molecule has 0 aliphatic carbocycles. The molecule has 0 radical (unpaired) electrons. The van der Waals surface area contributed by atoms with Crippen molar-refractivity contribution in [3.05, 3.63) is 61.9 Å². The van der Waals surface area contributed by atoms with E-state index < -0.39 is 9.84 Å². The first-order chi connectivity index (χ1) is 12.0. The van der Waals surface area contributed by atoms with Crippen LogP contribution < -0.4 is 5.32 Å². The molecule has 3 aromatic rings. The first-order valence-corrected chi connectivity index (χ1v) is 11.1. The molecular formula is C17H12ClNO3S3. The van der Waals surface area contributed by atoms with Gasteiger partial charge in [0.05, 0.1) is 10.6 Å². The second kappa shape index (κ2) is 6.25. The van der Waals surface area contributed by atoms with Gasteiger partial charge in [-0.15, -0.1) is 11.3 Å². The van der Waals surface area contributed by atoms with Crippen LogP contribution >= 0.6 is 34.3 Å². The van der Waals surface area contributed by atoms with Crippen LogP contribution in [0.3, 0.4) is 0 Å². The number of nitrogens with one attached hydrogen (secondary N) is 1. The van der Waals surface area contributed by atoms with E-state index >= 15 is 0 Å². The van der Waals surface area contributed by atoms with Crippen LogP contribution in [-0.4, -0.2) is 14.3 Å². The number of fused-ring (bicyclic) bond motifs is 1. The lowest BCUT2D eigenvalue weighted by Crippen LogP contribution is -2.23. The van der Waals surface area contributed by atoms with Crippen LogP contribution in [0.1, 0.15) is 22.8 Å². The predicted molar refractivity (Wildman–Crippen MR) is 101 cm³/mol. The summed E-state index contributed by atoms with van der Waals surface area (Å²) < 4.78 is 26.0. The molecule has 128 valence electrons. The molecule has 1 atom stereocenters. The van der Waals surface area contributed by atoms with Crippen LogP contribution in [0.5, 0.6) is 0 Å². The summed E-state index contributed by atoms with van der Waals surface area (Å²) in [6, 6.07) is 8.01. The second-order valence-corrected chi connectivity index (χ2v) is 9.70. The average molecular weight is 410 g/mol. The number of carbonyl (C=O) groups is 1. The Hall–Kier alpha value is -1.67. The molecule has 1 amide bonds. The van der Waals surface area contributed by atoms with Crippen molar-refractivity contribution in [1.82, 2.24) is 0 Å². The smallest absolute Gasteiger partial charge is 0.225 e. The van der Waals surface area contributed by atoms with Crippen molar-refractivity contribution >= 4 is 55.7 Å². The van der Waals surface area contributed by atoms with Gasteiger partial charge in [0.25, 0.3) is 0 Å². The van der Waals surface area contributed by atoms with Crippen molar-refractivity contribution in [2.24, 2.45) is 0 Å². The number of halogens is 1. The highest BCUT2D eigenvalue weighted by atomic mass is 35.5. The largest absolute Gasteiger partial charge is 0.324 e. The van der Waals surface area contributed by atoms with Gasteiger partial charge in [-0.2, -0.15) is 11.3 Å². The fraction of sp³-hybridized carbons (Fsp3) is 0.118. The van der Waals surface area contributed by atoms with Crippen LogP contribution in [0.15, 0.2) is 56.3 Å². The predicted octanol–water partition coefficient (Wildman–Crippen LogP) is 4.77. The molecule has 1 aromatic carbocycles. The van der Waals surface area contributed by atoms with Crippen LogP contribution in [0.25, 0.3) is 0 Å². The fourth-order valence-electron chi connectivity index (χ4n) is 2.89. The van der Waals surface area contributed by atoms with E-state index in [0.717, 1.165) is 10.4 Å². The van der Waals surface area contributed by atoms with Gasteiger partial charge in [-0.3, -0.25) is 4.79 Å². The van der Waals surface area contributed by atoms with Gasteiger partial charge >= 0.3 is 0 Å². The molecule has 0 fully saturated rings. The molecule has 1 aliphatic heterocycles. The Bertz CT molecular complexity index is 1040. The summed E-state index contributed by atoms with van der Waals surface area (Å²) in [5, 5.41) is 8.80. The van der Waals surface area contributed by atoms with E-state index in [-0.39, 0.29) is 21.6 Å². The maximum atomic E-state index is 13.0. The van der Waals surface area contributed by atoms with Crippen molar-refractivity contribution in [3.8, 4) is 0 Å². The van der Waals surface area contributed by atoms with E-state index in [4.69, 9.17) is 11.6 Å².